The molecule has 1 aliphatic carbocycles. The van der Waals surface area contributed by atoms with Crippen molar-refractivity contribution in [3.05, 3.63) is 29.8 Å². The first-order valence-electron chi connectivity index (χ1n) is 7.61. The molecule has 0 radical (unpaired) electrons. The van der Waals surface area contributed by atoms with Gasteiger partial charge in [-0.25, -0.2) is 0 Å². The summed E-state index contributed by atoms with van der Waals surface area (Å²) in [5, 5.41) is 11.6. The number of benzene rings is 1. The van der Waals surface area contributed by atoms with Crippen LogP contribution in [0.4, 0.5) is 0 Å². The summed E-state index contributed by atoms with van der Waals surface area (Å²) in [5.41, 5.74) is 6.20. The molecule has 0 bridgehead atoms. The molecule has 1 aromatic rings. The number of nitrogens with two attached hydrogens (primary N) is 1. The van der Waals surface area contributed by atoms with Crippen LogP contribution in [0.25, 0.3) is 0 Å². The first-order valence-corrected chi connectivity index (χ1v) is 7.61. The number of nitrogens with zero attached hydrogens (tertiary/aromatic N) is 2. The lowest BCUT2D eigenvalue weighted by atomic mass is 9.94. The molecular formula is C16H25N3O2. The van der Waals surface area contributed by atoms with Crippen LogP contribution in [0.1, 0.15) is 37.7 Å². The molecule has 5 nitrogen and oxygen atoms in total. The zero-order chi connectivity index (χ0) is 15.1. The molecule has 0 atom stereocenters. The highest BCUT2D eigenvalue weighted by Gasteiger charge is 2.17. The van der Waals surface area contributed by atoms with Gasteiger partial charge in [0.05, 0.1) is 0 Å². The number of likely N-dealkylation sites (N-methyl/N-ethyl adjacent to an activating group) is 1. The molecule has 116 valence electrons. The molecule has 0 unspecified atom stereocenters. The minimum absolute atomic E-state index is 0.110. The Morgan fingerprint density at radius 3 is 2.57 bits per heavy atom. The van der Waals surface area contributed by atoms with Crippen molar-refractivity contribution in [2.24, 2.45) is 10.9 Å². The van der Waals surface area contributed by atoms with E-state index in [1.807, 2.05) is 12.1 Å². The van der Waals surface area contributed by atoms with Gasteiger partial charge in [0.2, 0.25) is 0 Å². The van der Waals surface area contributed by atoms with Crippen molar-refractivity contribution in [1.29, 1.82) is 0 Å². The van der Waals surface area contributed by atoms with E-state index in [1.54, 1.807) is 12.1 Å². The van der Waals surface area contributed by atoms with Gasteiger partial charge < -0.3 is 20.6 Å². The standard InChI is InChI=1S/C16H25N3O2/c1-19(14-5-3-2-4-6-14)11-12-21-15-9-7-13(8-10-15)16(17)18-20/h7-10,14,20H,2-6,11-12H2,1H3,(H2,17,18). The molecule has 0 aromatic heterocycles. The monoisotopic (exact) mass is 291 g/mol. The highest BCUT2D eigenvalue weighted by molar-refractivity contribution is 5.97. The van der Waals surface area contributed by atoms with Crippen LogP contribution >= 0.6 is 0 Å². The first kappa shape index (κ1) is 15.6. The maximum absolute atomic E-state index is 8.61. The smallest absolute Gasteiger partial charge is 0.170 e. The van der Waals surface area contributed by atoms with Gasteiger partial charge in [-0.15, -0.1) is 0 Å². The lowest BCUT2D eigenvalue weighted by molar-refractivity contribution is 0.160. The molecule has 1 saturated carbocycles. The third kappa shape index (κ3) is 4.63. The lowest BCUT2D eigenvalue weighted by Gasteiger charge is -2.31. The van der Waals surface area contributed by atoms with E-state index in [-0.39, 0.29) is 5.84 Å². The molecule has 0 saturated heterocycles. The van der Waals surface area contributed by atoms with Crippen LogP contribution in [-0.4, -0.2) is 42.2 Å². The molecule has 0 amide bonds. The average molecular weight is 291 g/mol. The lowest BCUT2D eigenvalue weighted by Crippen LogP contribution is -2.36. The highest BCUT2D eigenvalue weighted by atomic mass is 16.5. The summed E-state index contributed by atoms with van der Waals surface area (Å²) in [4.78, 5) is 2.41. The first-order chi connectivity index (χ1) is 10.2. The van der Waals surface area contributed by atoms with E-state index in [1.165, 1.54) is 32.1 Å². The van der Waals surface area contributed by atoms with E-state index >= 15 is 0 Å². The van der Waals surface area contributed by atoms with Gasteiger partial charge in [-0.1, -0.05) is 24.4 Å². The molecule has 1 fully saturated rings. The Hall–Kier alpha value is -1.75. The van der Waals surface area contributed by atoms with Crippen molar-refractivity contribution >= 4 is 5.84 Å². The van der Waals surface area contributed by atoms with Crippen molar-refractivity contribution in [1.82, 2.24) is 4.90 Å². The third-order valence-electron chi connectivity index (χ3n) is 4.17. The van der Waals surface area contributed by atoms with Crippen molar-refractivity contribution in [2.75, 3.05) is 20.2 Å². The van der Waals surface area contributed by atoms with E-state index in [4.69, 9.17) is 15.7 Å². The number of oxime groups is 1. The Labute approximate surface area is 126 Å². The van der Waals surface area contributed by atoms with Gasteiger partial charge in [0.1, 0.15) is 12.4 Å². The minimum Gasteiger partial charge on any atom is -0.492 e. The van der Waals surface area contributed by atoms with E-state index in [0.717, 1.165) is 12.3 Å². The highest BCUT2D eigenvalue weighted by Crippen LogP contribution is 2.21. The Balaban J connectivity index is 1.75. The van der Waals surface area contributed by atoms with Crippen LogP contribution in [0.15, 0.2) is 29.4 Å². The largest absolute Gasteiger partial charge is 0.492 e. The quantitative estimate of drug-likeness (QED) is 0.365. The van der Waals surface area contributed by atoms with Crippen LogP contribution < -0.4 is 10.5 Å². The molecule has 21 heavy (non-hydrogen) atoms. The summed E-state index contributed by atoms with van der Waals surface area (Å²) in [6, 6.07) is 7.97. The van der Waals surface area contributed by atoms with E-state index in [0.29, 0.717) is 18.2 Å². The van der Waals surface area contributed by atoms with Crippen molar-refractivity contribution < 1.29 is 9.94 Å². The van der Waals surface area contributed by atoms with Crippen LogP contribution in [0.3, 0.4) is 0 Å². The Morgan fingerprint density at radius 1 is 1.29 bits per heavy atom. The van der Waals surface area contributed by atoms with Crippen molar-refractivity contribution in [3.8, 4) is 5.75 Å². The number of rotatable bonds is 6. The number of hydrogen-bond acceptors (Lipinski definition) is 4. The van der Waals surface area contributed by atoms with Gasteiger partial charge in [-0.05, 0) is 44.2 Å². The number of ether oxygens (including phenoxy) is 1. The number of hydrogen-bond donors (Lipinski definition) is 2. The van der Waals surface area contributed by atoms with Crippen LogP contribution in [-0.2, 0) is 0 Å². The van der Waals surface area contributed by atoms with Crippen LogP contribution in [0, 0.1) is 0 Å². The molecule has 5 heteroatoms. The third-order valence-corrected chi connectivity index (χ3v) is 4.17. The minimum atomic E-state index is 0.110. The van der Waals surface area contributed by atoms with Crippen LogP contribution in [0.5, 0.6) is 5.75 Å². The zero-order valence-electron chi connectivity index (χ0n) is 12.7. The maximum atomic E-state index is 8.61. The summed E-state index contributed by atoms with van der Waals surface area (Å²) in [5.74, 6) is 0.917. The molecule has 0 aliphatic heterocycles. The van der Waals surface area contributed by atoms with Gasteiger partial charge in [-0.3, -0.25) is 0 Å². The van der Waals surface area contributed by atoms with E-state index in [9.17, 15) is 0 Å². The predicted molar refractivity (Wildman–Crippen MR) is 84.0 cm³/mol. The summed E-state index contributed by atoms with van der Waals surface area (Å²) < 4.78 is 5.75. The fourth-order valence-corrected chi connectivity index (χ4v) is 2.79. The van der Waals surface area contributed by atoms with Crippen molar-refractivity contribution in [2.45, 2.75) is 38.1 Å². The summed E-state index contributed by atoms with van der Waals surface area (Å²) in [7, 11) is 2.18. The second kappa shape index (κ2) is 7.88. The molecule has 3 N–H and O–H groups in total. The fourth-order valence-electron chi connectivity index (χ4n) is 2.79. The molecule has 0 spiro atoms. The average Bonchev–Trinajstić information content (AvgIpc) is 2.55. The Morgan fingerprint density at radius 2 is 1.95 bits per heavy atom. The van der Waals surface area contributed by atoms with E-state index in [2.05, 4.69) is 17.1 Å². The van der Waals surface area contributed by atoms with Gasteiger partial charge in [-0.2, -0.15) is 0 Å². The molecule has 1 aliphatic rings. The molecule has 0 heterocycles. The van der Waals surface area contributed by atoms with Crippen LogP contribution in [0.2, 0.25) is 0 Å². The Kier molecular flexibility index (Phi) is 5.87. The predicted octanol–water partition coefficient (Wildman–Crippen LogP) is 2.42. The summed E-state index contributed by atoms with van der Waals surface area (Å²) >= 11 is 0. The van der Waals surface area contributed by atoms with Gasteiger partial charge in [0, 0.05) is 18.2 Å². The Bertz CT molecular complexity index is 453. The zero-order valence-corrected chi connectivity index (χ0v) is 12.7. The second-order valence-corrected chi connectivity index (χ2v) is 5.63. The molecule has 2 rings (SSSR count). The van der Waals surface area contributed by atoms with E-state index < -0.39 is 0 Å². The normalized spacial score (nSPS) is 17.1. The summed E-state index contributed by atoms with van der Waals surface area (Å²) in [6.07, 6.45) is 6.71. The number of amidine groups is 1. The maximum Gasteiger partial charge on any atom is 0.170 e. The van der Waals surface area contributed by atoms with Gasteiger partial charge in [0.25, 0.3) is 0 Å². The molecular weight excluding hydrogens is 266 g/mol. The van der Waals surface area contributed by atoms with Gasteiger partial charge >= 0.3 is 0 Å². The topological polar surface area (TPSA) is 71.1 Å². The van der Waals surface area contributed by atoms with Crippen molar-refractivity contribution in [3.63, 3.8) is 0 Å². The second-order valence-electron chi connectivity index (χ2n) is 5.63. The van der Waals surface area contributed by atoms with Gasteiger partial charge in [0.15, 0.2) is 5.84 Å². The SMILES string of the molecule is CN(CCOc1ccc(/C(N)=N/O)cc1)C1CCCCC1. The molecule has 1 aromatic carbocycles. The fraction of sp³-hybridized carbons (Fsp3) is 0.562. The summed E-state index contributed by atoms with van der Waals surface area (Å²) in [6.45, 7) is 1.61.